The van der Waals surface area contributed by atoms with E-state index >= 15 is 0 Å². The number of carbonyl (C=O) groups is 1. The number of nitrogens with zero attached hydrogens (tertiary/aromatic N) is 3. The Hall–Kier alpha value is -6.98. The van der Waals surface area contributed by atoms with Gasteiger partial charge < -0.3 is 9.67 Å². The molecule has 7 aromatic carbocycles. The van der Waals surface area contributed by atoms with Crippen LogP contribution in [0.3, 0.4) is 0 Å². The van der Waals surface area contributed by atoms with E-state index in [0.29, 0.717) is 5.57 Å². The number of para-hydroxylation sites is 4. The average molecular weight is 942 g/mol. The van der Waals surface area contributed by atoms with Gasteiger partial charge in [-0.3, -0.25) is 14.8 Å². The third-order valence-corrected chi connectivity index (χ3v) is 9.87. The second-order valence-electron chi connectivity index (χ2n) is 13.8. The Morgan fingerprint density at radius 1 is 0.508 bits per heavy atom. The number of allylic oxidation sites excluding steroid dienone is 2. The molecule has 3 aromatic heterocycles. The largest absolute Gasteiger partial charge is 0.512 e. The van der Waals surface area contributed by atoms with Crippen LogP contribution in [-0.4, -0.2) is 25.4 Å². The number of aliphatic hydroxyl groups is 1. The Kier molecular flexibility index (Phi) is 12.6. The normalized spacial score (nSPS) is 11.2. The molecule has 0 aliphatic carbocycles. The Balaban J connectivity index is 0.000000139. The summed E-state index contributed by atoms with van der Waals surface area (Å²) in [6.07, 6.45) is 0. The van der Waals surface area contributed by atoms with Gasteiger partial charge in [-0.05, 0) is 78.0 Å². The Morgan fingerprint density at radius 2 is 0.949 bits per heavy atom. The van der Waals surface area contributed by atoms with Crippen LogP contribution in [0.15, 0.2) is 200 Å². The SMILES string of the molecule is CC(=O)C(=C(C)O)c1ccc(-n2c3ccccc3c3ccccc32)cc1.[Ir].[c-]1ccccc1-c1ccc2ccccc2n1.[c-]1ccccc1-c1ccc2ccccc2n1. The fraction of sp³-hybridized carbons (Fsp3) is 0.0377. The number of aliphatic hydroxyl groups excluding tert-OH is 1. The number of hydrogen-bond donors (Lipinski definition) is 1. The fourth-order valence-corrected chi connectivity index (χ4v) is 7.18. The van der Waals surface area contributed by atoms with Crippen LogP contribution in [0.4, 0.5) is 0 Å². The van der Waals surface area contributed by atoms with Crippen LogP contribution in [0, 0.1) is 12.1 Å². The Labute approximate surface area is 357 Å². The molecule has 3 heterocycles. The van der Waals surface area contributed by atoms with Gasteiger partial charge in [-0.1, -0.05) is 109 Å². The second-order valence-corrected chi connectivity index (χ2v) is 13.8. The van der Waals surface area contributed by atoms with Crippen molar-refractivity contribution in [2.24, 2.45) is 0 Å². The number of rotatable bonds is 5. The summed E-state index contributed by atoms with van der Waals surface area (Å²) < 4.78 is 2.22. The maximum absolute atomic E-state index is 11.8. The number of Topliss-reactive ketones (excluding diaryl/α,β-unsaturated/α-hetero) is 1. The maximum atomic E-state index is 11.8. The fourth-order valence-electron chi connectivity index (χ4n) is 7.18. The molecular weight excluding hydrogens is 903 g/mol. The number of pyridine rings is 2. The number of hydrogen-bond acceptors (Lipinski definition) is 4. The molecule has 1 radical (unpaired) electrons. The van der Waals surface area contributed by atoms with E-state index in [-0.39, 0.29) is 31.6 Å². The van der Waals surface area contributed by atoms with Crippen molar-refractivity contribution in [3.05, 3.63) is 218 Å². The van der Waals surface area contributed by atoms with Crippen molar-refractivity contribution in [2.75, 3.05) is 0 Å². The van der Waals surface area contributed by atoms with Crippen molar-refractivity contribution < 1.29 is 30.0 Å². The summed E-state index contributed by atoms with van der Waals surface area (Å²) in [6, 6.07) is 71.1. The quantitative estimate of drug-likeness (QED) is 0.106. The standard InChI is InChI=1S/C23H19NO2.2C15H10N.Ir/c1-15(25)23(16(2)26)17-11-13-18(14-12-17)24-21-9-5-3-7-19(21)20-8-4-6-10-22(20)24;2*1-2-6-12(7-3-1)15-11-10-13-8-4-5-9-14(13)16-15;/h3-14,25H,1-2H3;2*1-6,8-11H;/q;2*-1;. The first-order chi connectivity index (χ1) is 28.4. The van der Waals surface area contributed by atoms with Crippen LogP contribution in [0.5, 0.6) is 0 Å². The zero-order valence-electron chi connectivity index (χ0n) is 32.5. The first-order valence-corrected chi connectivity index (χ1v) is 19.1. The molecule has 0 amide bonds. The predicted molar refractivity (Wildman–Crippen MR) is 239 cm³/mol. The molecule has 0 saturated heterocycles. The molecule has 0 saturated carbocycles. The van der Waals surface area contributed by atoms with Crippen LogP contribution in [-0.2, 0) is 24.9 Å². The Bertz CT molecular complexity index is 2880. The number of ketones is 1. The summed E-state index contributed by atoms with van der Waals surface area (Å²) in [5.74, 6) is -0.100. The van der Waals surface area contributed by atoms with E-state index in [1.165, 1.54) is 35.4 Å². The van der Waals surface area contributed by atoms with Gasteiger partial charge in [-0.25, -0.2) is 0 Å². The zero-order chi connectivity index (χ0) is 39.8. The van der Waals surface area contributed by atoms with Crippen molar-refractivity contribution in [2.45, 2.75) is 13.8 Å². The average Bonchev–Trinajstić information content (AvgIpc) is 3.61. The summed E-state index contributed by atoms with van der Waals surface area (Å²) in [4.78, 5) is 21.1. The third kappa shape index (κ3) is 8.95. The van der Waals surface area contributed by atoms with Gasteiger partial charge in [0, 0.05) is 36.6 Å². The summed E-state index contributed by atoms with van der Waals surface area (Å²) in [5, 5.41) is 14.6. The van der Waals surface area contributed by atoms with Crippen LogP contribution in [0.25, 0.3) is 77.4 Å². The van der Waals surface area contributed by atoms with Gasteiger partial charge in [-0.15, -0.1) is 71.8 Å². The van der Waals surface area contributed by atoms with E-state index in [9.17, 15) is 9.90 Å². The minimum Gasteiger partial charge on any atom is -0.512 e. The van der Waals surface area contributed by atoms with Gasteiger partial charge in [0.2, 0.25) is 0 Å². The molecule has 5 nitrogen and oxygen atoms in total. The second kappa shape index (κ2) is 18.5. The minimum absolute atomic E-state index is 0. The molecule has 289 valence electrons. The van der Waals surface area contributed by atoms with Crippen molar-refractivity contribution in [1.29, 1.82) is 0 Å². The van der Waals surface area contributed by atoms with Crippen molar-refractivity contribution in [3.8, 4) is 28.2 Å². The van der Waals surface area contributed by atoms with Crippen molar-refractivity contribution in [1.82, 2.24) is 14.5 Å². The van der Waals surface area contributed by atoms with E-state index < -0.39 is 0 Å². The molecule has 0 aliphatic heterocycles. The maximum Gasteiger partial charge on any atom is 0.163 e. The van der Waals surface area contributed by atoms with Crippen LogP contribution >= 0.6 is 0 Å². The summed E-state index contributed by atoms with van der Waals surface area (Å²) in [5.41, 5.74) is 10.4. The first kappa shape index (κ1) is 40.2. The minimum atomic E-state index is -0.144. The van der Waals surface area contributed by atoms with Gasteiger partial charge in [0.15, 0.2) is 5.78 Å². The van der Waals surface area contributed by atoms with Gasteiger partial charge in [0.05, 0.1) is 27.6 Å². The van der Waals surface area contributed by atoms with E-state index in [1.54, 1.807) is 0 Å². The molecule has 59 heavy (non-hydrogen) atoms. The monoisotopic (exact) mass is 942 g/mol. The smallest absolute Gasteiger partial charge is 0.163 e. The number of aromatic nitrogens is 3. The molecule has 10 rings (SSSR count). The topological polar surface area (TPSA) is 68.0 Å². The van der Waals surface area contributed by atoms with E-state index in [0.717, 1.165) is 55.8 Å². The number of fused-ring (bicyclic) bond motifs is 5. The molecule has 0 atom stereocenters. The summed E-state index contributed by atoms with van der Waals surface area (Å²) >= 11 is 0. The van der Waals surface area contributed by atoms with Crippen LogP contribution in [0.2, 0.25) is 0 Å². The van der Waals surface area contributed by atoms with Crippen LogP contribution < -0.4 is 0 Å². The number of carbonyl (C=O) groups excluding carboxylic acids is 1. The molecule has 6 heteroatoms. The van der Waals surface area contributed by atoms with E-state index in [1.807, 2.05) is 133 Å². The molecule has 1 N–H and O–H groups in total. The van der Waals surface area contributed by atoms with Gasteiger partial charge in [-0.2, -0.15) is 0 Å². The molecule has 0 unspecified atom stereocenters. The summed E-state index contributed by atoms with van der Waals surface area (Å²) in [7, 11) is 0. The molecule has 10 aromatic rings. The van der Waals surface area contributed by atoms with Gasteiger partial charge in [0.25, 0.3) is 0 Å². The summed E-state index contributed by atoms with van der Waals surface area (Å²) in [6.45, 7) is 3.01. The third-order valence-electron chi connectivity index (χ3n) is 9.87. The van der Waals surface area contributed by atoms with Crippen molar-refractivity contribution in [3.63, 3.8) is 0 Å². The molecule has 0 spiro atoms. The zero-order valence-corrected chi connectivity index (χ0v) is 34.9. The van der Waals surface area contributed by atoms with Crippen molar-refractivity contribution >= 4 is 55.0 Å². The first-order valence-electron chi connectivity index (χ1n) is 19.1. The molecule has 0 bridgehead atoms. The van der Waals surface area contributed by atoms with Crippen LogP contribution in [0.1, 0.15) is 19.4 Å². The van der Waals surface area contributed by atoms with E-state index in [2.05, 4.69) is 87.3 Å². The van der Waals surface area contributed by atoms with Gasteiger partial charge in [0.1, 0.15) is 5.76 Å². The molecule has 0 fully saturated rings. The van der Waals surface area contributed by atoms with E-state index in [4.69, 9.17) is 0 Å². The molecular formula is C53H39IrN3O2-2. The number of benzene rings is 7. The molecule has 0 aliphatic rings. The predicted octanol–water partition coefficient (Wildman–Crippen LogP) is 13.1. The van der Waals surface area contributed by atoms with Gasteiger partial charge >= 0.3 is 0 Å². The Morgan fingerprint density at radius 3 is 1.39 bits per heavy atom.